The Kier molecular flexibility index (Phi) is 3.25. The lowest BCUT2D eigenvalue weighted by Crippen LogP contribution is -2.19. The Hall–Kier alpha value is -2.50. The molecule has 0 saturated heterocycles. The molecule has 0 aliphatic heterocycles. The van der Waals surface area contributed by atoms with Gasteiger partial charge in [0.15, 0.2) is 6.61 Å². The van der Waals surface area contributed by atoms with Crippen molar-refractivity contribution in [2.75, 3.05) is 17.7 Å². The molecule has 1 heterocycles. The van der Waals surface area contributed by atoms with E-state index in [-0.39, 0.29) is 12.5 Å². The first-order valence-electron chi connectivity index (χ1n) is 5.01. The van der Waals surface area contributed by atoms with E-state index in [9.17, 15) is 4.79 Å². The molecule has 17 heavy (non-hydrogen) atoms. The van der Waals surface area contributed by atoms with E-state index in [1.165, 1.54) is 6.20 Å². The van der Waals surface area contributed by atoms with Crippen LogP contribution in [0.4, 0.5) is 11.4 Å². The normalized spacial score (nSPS) is 9.88. The van der Waals surface area contributed by atoms with Gasteiger partial charge in [-0.3, -0.25) is 9.89 Å². The minimum absolute atomic E-state index is 0.0604. The molecule has 88 valence electrons. The highest BCUT2D eigenvalue weighted by Gasteiger charge is 2.03. The largest absolute Gasteiger partial charge is 0.484 e. The maximum atomic E-state index is 11.4. The van der Waals surface area contributed by atoms with Crippen molar-refractivity contribution < 1.29 is 9.53 Å². The van der Waals surface area contributed by atoms with E-state index in [2.05, 4.69) is 15.5 Å². The number of hydrogen-bond donors (Lipinski definition) is 3. The summed E-state index contributed by atoms with van der Waals surface area (Å²) < 4.78 is 5.27. The highest BCUT2D eigenvalue weighted by atomic mass is 16.5. The number of hydrogen-bond acceptors (Lipinski definition) is 4. The average molecular weight is 232 g/mol. The maximum absolute atomic E-state index is 11.4. The molecule has 0 radical (unpaired) electrons. The summed E-state index contributed by atoms with van der Waals surface area (Å²) in [6.45, 7) is -0.0604. The standard InChI is InChI=1S/C11H12N4O2/c12-8-1-3-10(4-2-8)17-7-11(16)15-9-5-13-14-6-9/h1-6H,7,12H2,(H,13,14)(H,15,16). The lowest BCUT2D eigenvalue weighted by Gasteiger charge is -2.06. The Labute approximate surface area is 97.8 Å². The number of H-pyrrole nitrogens is 1. The van der Waals surface area contributed by atoms with Gasteiger partial charge in [-0.25, -0.2) is 0 Å². The number of nitrogens with two attached hydrogens (primary N) is 1. The number of nitrogen functional groups attached to an aromatic ring is 1. The van der Waals surface area contributed by atoms with Crippen LogP contribution in [0.5, 0.6) is 5.75 Å². The zero-order valence-electron chi connectivity index (χ0n) is 9.01. The van der Waals surface area contributed by atoms with Crippen LogP contribution in [-0.4, -0.2) is 22.7 Å². The van der Waals surface area contributed by atoms with Crippen LogP contribution in [0.3, 0.4) is 0 Å². The zero-order chi connectivity index (χ0) is 12.1. The first-order chi connectivity index (χ1) is 8.24. The summed E-state index contributed by atoms with van der Waals surface area (Å²) in [5.41, 5.74) is 6.79. The summed E-state index contributed by atoms with van der Waals surface area (Å²) in [7, 11) is 0. The van der Waals surface area contributed by atoms with Crippen molar-refractivity contribution in [3.8, 4) is 5.75 Å². The second-order valence-corrected chi connectivity index (χ2v) is 3.39. The quantitative estimate of drug-likeness (QED) is 0.686. The molecule has 4 N–H and O–H groups in total. The van der Waals surface area contributed by atoms with E-state index < -0.39 is 0 Å². The SMILES string of the molecule is Nc1ccc(OCC(=O)Nc2cn[nH]c2)cc1. The fraction of sp³-hybridized carbons (Fsp3) is 0.0909. The van der Waals surface area contributed by atoms with E-state index in [4.69, 9.17) is 10.5 Å². The first-order valence-corrected chi connectivity index (χ1v) is 5.01. The molecule has 6 nitrogen and oxygen atoms in total. The summed E-state index contributed by atoms with van der Waals surface area (Å²) in [5.74, 6) is 0.352. The van der Waals surface area contributed by atoms with Crippen molar-refractivity contribution in [1.29, 1.82) is 0 Å². The number of rotatable bonds is 4. The first kappa shape index (κ1) is 11.0. The summed E-state index contributed by atoms with van der Waals surface area (Å²) in [4.78, 5) is 11.4. The van der Waals surface area contributed by atoms with Crippen LogP contribution in [0.25, 0.3) is 0 Å². The molecule has 0 saturated carbocycles. The third kappa shape index (κ3) is 3.23. The predicted molar refractivity (Wildman–Crippen MR) is 63.6 cm³/mol. The molecule has 0 aliphatic rings. The Morgan fingerprint density at radius 3 is 2.82 bits per heavy atom. The number of amides is 1. The number of anilines is 2. The van der Waals surface area contributed by atoms with Gasteiger partial charge in [-0.05, 0) is 24.3 Å². The molecule has 0 unspecified atom stereocenters. The second kappa shape index (κ2) is 5.02. The third-order valence-electron chi connectivity index (χ3n) is 2.03. The van der Waals surface area contributed by atoms with Gasteiger partial charge in [0.2, 0.25) is 0 Å². The number of carbonyl (C=O) groups excluding carboxylic acids is 1. The fourth-order valence-corrected chi connectivity index (χ4v) is 1.23. The number of nitrogens with zero attached hydrogens (tertiary/aromatic N) is 1. The number of benzene rings is 1. The molecule has 0 spiro atoms. The Morgan fingerprint density at radius 2 is 2.18 bits per heavy atom. The van der Waals surface area contributed by atoms with Crippen molar-refractivity contribution in [3.63, 3.8) is 0 Å². The van der Waals surface area contributed by atoms with Gasteiger partial charge in [0.1, 0.15) is 5.75 Å². The minimum atomic E-state index is -0.247. The van der Waals surface area contributed by atoms with Gasteiger partial charge in [-0.2, -0.15) is 5.10 Å². The van der Waals surface area contributed by atoms with Crippen LogP contribution in [-0.2, 0) is 4.79 Å². The Morgan fingerprint density at radius 1 is 1.41 bits per heavy atom. The smallest absolute Gasteiger partial charge is 0.262 e. The van der Waals surface area contributed by atoms with E-state index in [0.717, 1.165) is 0 Å². The van der Waals surface area contributed by atoms with Gasteiger partial charge in [0, 0.05) is 11.9 Å². The van der Waals surface area contributed by atoms with Gasteiger partial charge >= 0.3 is 0 Å². The monoisotopic (exact) mass is 232 g/mol. The number of aromatic amines is 1. The van der Waals surface area contributed by atoms with Crippen LogP contribution < -0.4 is 15.8 Å². The molecule has 0 aliphatic carbocycles. The van der Waals surface area contributed by atoms with Crippen molar-refractivity contribution in [1.82, 2.24) is 10.2 Å². The van der Waals surface area contributed by atoms with Crippen molar-refractivity contribution in [3.05, 3.63) is 36.7 Å². The number of nitrogens with one attached hydrogen (secondary N) is 2. The van der Waals surface area contributed by atoms with Gasteiger partial charge in [-0.1, -0.05) is 0 Å². The van der Waals surface area contributed by atoms with Crippen LogP contribution in [0.15, 0.2) is 36.7 Å². The molecule has 6 heteroatoms. The molecule has 0 bridgehead atoms. The summed E-state index contributed by atoms with van der Waals surface area (Å²) in [5, 5.41) is 8.93. The molecule has 2 aromatic rings. The third-order valence-corrected chi connectivity index (χ3v) is 2.03. The highest BCUT2D eigenvalue weighted by molar-refractivity contribution is 5.91. The molecule has 1 aromatic heterocycles. The van der Waals surface area contributed by atoms with Crippen molar-refractivity contribution >= 4 is 17.3 Å². The van der Waals surface area contributed by atoms with Crippen LogP contribution in [0, 0.1) is 0 Å². The molecule has 0 fully saturated rings. The lowest BCUT2D eigenvalue weighted by molar-refractivity contribution is -0.118. The summed E-state index contributed by atoms with van der Waals surface area (Å²) in [6.07, 6.45) is 3.10. The molecule has 1 amide bonds. The zero-order valence-corrected chi connectivity index (χ0v) is 9.01. The van der Waals surface area contributed by atoms with Crippen molar-refractivity contribution in [2.24, 2.45) is 0 Å². The van der Waals surface area contributed by atoms with Gasteiger partial charge in [0.05, 0.1) is 11.9 Å². The summed E-state index contributed by atoms with van der Waals surface area (Å²) >= 11 is 0. The van der Waals surface area contributed by atoms with Crippen LogP contribution in [0.1, 0.15) is 0 Å². The Bertz CT molecular complexity index is 479. The van der Waals surface area contributed by atoms with E-state index in [0.29, 0.717) is 17.1 Å². The van der Waals surface area contributed by atoms with E-state index in [1.807, 2.05) is 0 Å². The average Bonchev–Trinajstić information content (AvgIpc) is 2.81. The number of carbonyl (C=O) groups is 1. The van der Waals surface area contributed by atoms with Gasteiger partial charge in [0.25, 0.3) is 5.91 Å². The second-order valence-electron chi connectivity index (χ2n) is 3.39. The highest BCUT2D eigenvalue weighted by Crippen LogP contribution is 2.12. The van der Waals surface area contributed by atoms with E-state index >= 15 is 0 Å². The lowest BCUT2D eigenvalue weighted by atomic mass is 10.3. The van der Waals surface area contributed by atoms with Crippen LogP contribution >= 0.6 is 0 Å². The van der Waals surface area contributed by atoms with Crippen LogP contribution in [0.2, 0.25) is 0 Å². The van der Waals surface area contributed by atoms with Gasteiger partial charge < -0.3 is 15.8 Å². The predicted octanol–water partition coefficient (Wildman–Crippen LogP) is 1.01. The summed E-state index contributed by atoms with van der Waals surface area (Å²) in [6, 6.07) is 6.84. The fourth-order valence-electron chi connectivity index (χ4n) is 1.23. The minimum Gasteiger partial charge on any atom is -0.484 e. The molecule has 1 aromatic carbocycles. The van der Waals surface area contributed by atoms with Gasteiger partial charge in [-0.15, -0.1) is 0 Å². The Balaban J connectivity index is 1.82. The molecule has 2 rings (SSSR count). The molecular formula is C11H12N4O2. The maximum Gasteiger partial charge on any atom is 0.262 e. The molecule has 0 atom stereocenters. The molecular weight excluding hydrogens is 220 g/mol. The number of ether oxygens (including phenoxy) is 1. The topological polar surface area (TPSA) is 93.0 Å². The van der Waals surface area contributed by atoms with Crippen molar-refractivity contribution in [2.45, 2.75) is 0 Å². The van der Waals surface area contributed by atoms with E-state index in [1.54, 1.807) is 30.5 Å². The number of aromatic nitrogens is 2.